The number of hydrogen-bond acceptors (Lipinski definition) is 9. The Hall–Kier alpha value is -2.14. The quantitative estimate of drug-likeness (QED) is 0.316. The molecule has 0 radical (unpaired) electrons. The lowest BCUT2D eigenvalue weighted by Gasteiger charge is -2.35. The molecule has 2 N–H and O–H groups in total. The van der Waals surface area contributed by atoms with Gasteiger partial charge in [0, 0.05) is 43.4 Å². The van der Waals surface area contributed by atoms with Crippen molar-refractivity contribution in [2.45, 2.75) is 30.9 Å². The van der Waals surface area contributed by atoms with Crippen molar-refractivity contribution < 1.29 is 10.0 Å². The molecule has 0 saturated heterocycles. The lowest BCUT2D eigenvalue weighted by atomic mass is 9.89. The molecule has 1 aliphatic rings. The predicted molar refractivity (Wildman–Crippen MR) is 125 cm³/mol. The van der Waals surface area contributed by atoms with Gasteiger partial charge < -0.3 is 20.2 Å². The molecule has 8 nitrogen and oxygen atoms in total. The van der Waals surface area contributed by atoms with Crippen LogP contribution in [0.4, 0.5) is 0 Å². The van der Waals surface area contributed by atoms with Crippen LogP contribution in [0.15, 0.2) is 47.2 Å². The highest BCUT2D eigenvalue weighted by Gasteiger charge is 2.40. The van der Waals surface area contributed by atoms with E-state index in [1.54, 1.807) is 35.0 Å². The largest absolute Gasteiger partial charge is 0.374 e. The summed E-state index contributed by atoms with van der Waals surface area (Å²) in [4.78, 5) is 19.9. The molecule has 2 unspecified atom stereocenters. The number of thioether (sulfide) groups is 1. The molecule has 3 rings (SSSR count). The van der Waals surface area contributed by atoms with E-state index in [1.165, 1.54) is 0 Å². The van der Waals surface area contributed by atoms with Gasteiger partial charge in [-0.15, -0.1) is 11.3 Å². The van der Waals surface area contributed by atoms with Gasteiger partial charge in [-0.1, -0.05) is 30.3 Å². The Morgan fingerprint density at radius 3 is 2.81 bits per heavy atom. The van der Waals surface area contributed by atoms with Crippen LogP contribution < -0.4 is 5.32 Å². The fourth-order valence-corrected chi connectivity index (χ4v) is 5.32. The Morgan fingerprint density at radius 1 is 1.39 bits per heavy atom. The van der Waals surface area contributed by atoms with Gasteiger partial charge in [-0.25, -0.2) is 4.98 Å². The van der Waals surface area contributed by atoms with Gasteiger partial charge in [-0.05, 0) is 19.7 Å². The summed E-state index contributed by atoms with van der Waals surface area (Å²) in [6.45, 7) is 1.40. The molecule has 1 aliphatic heterocycles. The van der Waals surface area contributed by atoms with Gasteiger partial charge in [-0.3, -0.25) is 10.1 Å². The normalized spacial score (nSPS) is 19.2. The first-order valence-corrected chi connectivity index (χ1v) is 12.1. The van der Waals surface area contributed by atoms with Crippen LogP contribution in [0.1, 0.15) is 28.6 Å². The average molecular weight is 464 g/mol. The van der Waals surface area contributed by atoms with E-state index in [9.17, 15) is 15.2 Å². The zero-order chi connectivity index (χ0) is 22.4. The van der Waals surface area contributed by atoms with Gasteiger partial charge in [0.15, 0.2) is 5.82 Å². The molecule has 0 saturated carbocycles. The molecule has 0 bridgehead atoms. The summed E-state index contributed by atoms with van der Waals surface area (Å²) in [7, 11) is 5.74. The van der Waals surface area contributed by atoms with Gasteiger partial charge >= 0.3 is 0 Å². The van der Waals surface area contributed by atoms with Crippen molar-refractivity contribution in [1.29, 1.82) is 0 Å². The van der Waals surface area contributed by atoms with Crippen LogP contribution in [-0.2, 0) is 12.3 Å². The van der Waals surface area contributed by atoms with Crippen molar-refractivity contribution in [2.24, 2.45) is 0 Å². The third kappa shape index (κ3) is 6.19. The minimum absolute atomic E-state index is 0.108. The first-order valence-electron chi connectivity index (χ1n) is 10.1. The maximum Gasteiger partial charge on any atom is 0.293 e. The SMILES string of the molecule is CN(C)Cc1nc(CSCCNC2=C([N+](=O)[O-])C(c3ccccc3)CC(O)N2C)cs1. The zero-order valence-electron chi connectivity index (χ0n) is 18.0. The highest BCUT2D eigenvalue weighted by molar-refractivity contribution is 7.98. The second-order valence-electron chi connectivity index (χ2n) is 7.73. The number of nitrogens with one attached hydrogen (secondary N) is 1. The lowest BCUT2D eigenvalue weighted by molar-refractivity contribution is -0.435. The van der Waals surface area contributed by atoms with Crippen molar-refractivity contribution in [3.63, 3.8) is 0 Å². The number of nitro groups is 1. The third-order valence-corrected chi connectivity index (χ3v) is 6.93. The monoisotopic (exact) mass is 463 g/mol. The number of allylic oxidation sites excluding steroid dienone is 1. The smallest absolute Gasteiger partial charge is 0.293 e. The van der Waals surface area contributed by atoms with E-state index in [0.717, 1.165) is 34.3 Å². The van der Waals surface area contributed by atoms with Crippen LogP contribution in [-0.4, -0.2) is 64.5 Å². The Kier molecular flexibility index (Phi) is 8.30. The Balaban J connectivity index is 1.62. The van der Waals surface area contributed by atoms with E-state index in [2.05, 4.69) is 20.6 Å². The number of aromatic nitrogens is 1. The number of benzene rings is 1. The van der Waals surface area contributed by atoms with E-state index in [0.29, 0.717) is 12.4 Å². The van der Waals surface area contributed by atoms with Crippen LogP contribution in [0.3, 0.4) is 0 Å². The van der Waals surface area contributed by atoms with Crippen LogP contribution >= 0.6 is 23.1 Å². The zero-order valence-corrected chi connectivity index (χ0v) is 19.7. The summed E-state index contributed by atoms with van der Waals surface area (Å²) < 4.78 is 0. The van der Waals surface area contributed by atoms with Gasteiger partial charge in [0.25, 0.3) is 5.70 Å². The highest BCUT2D eigenvalue weighted by Crippen LogP contribution is 2.36. The number of rotatable bonds is 10. The molecule has 168 valence electrons. The molecular formula is C21H29N5O3S2. The second kappa shape index (κ2) is 10.9. The van der Waals surface area contributed by atoms with Crippen molar-refractivity contribution in [3.05, 3.63) is 73.6 Å². The standard InChI is InChI=1S/C21H29N5O3S2/c1-24(2)12-18-23-16(14-31-18)13-30-10-9-22-21-20(26(28)29)17(11-19(27)25(21)3)15-7-5-4-6-8-15/h4-8,14,17,19,22,27H,9-13H2,1-3H3. The van der Waals surface area contributed by atoms with Crippen LogP contribution in [0.2, 0.25) is 0 Å². The maximum absolute atomic E-state index is 11.9. The van der Waals surface area contributed by atoms with Crippen LogP contribution in [0.5, 0.6) is 0 Å². The summed E-state index contributed by atoms with van der Waals surface area (Å²) in [5, 5.41) is 28.8. The summed E-state index contributed by atoms with van der Waals surface area (Å²) in [5.41, 5.74) is 2.01. The molecule has 0 spiro atoms. The number of aliphatic hydroxyl groups excluding tert-OH is 1. The van der Waals surface area contributed by atoms with Crippen molar-refractivity contribution in [2.75, 3.05) is 33.4 Å². The van der Waals surface area contributed by atoms with Gasteiger partial charge in [0.2, 0.25) is 0 Å². The molecule has 10 heteroatoms. The van der Waals surface area contributed by atoms with Crippen molar-refractivity contribution in [1.82, 2.24) is 20.1 Å². The summed E-state index contributed by atoms with van der Waals surface area (Å²) in [6, 6.07) is 9.36. The van der Waals surface area contributed by atoms with Crippen molar-refractivity contribution >= 4 is 23.1 Å². The molecular weight excluding hydrogens is 434 g/mol. The summed E-state index contributed by atoms with van der Waals surface area (Å²) in [6.07, 6.45) is -0.496. The van der Waals surface area contributed by atoms with Gasteiger partial charge in [-0.2, -0.15) is 11.8 Å². The molecule has 31 heavy (non-hydrogen) atoms. The Morgan fingerprint density at radius 2 is 2.13 bits per heavy atom. The topological polar surface area (TPSA) is 94.8 Å². The number of hydrogen-bond donors (Lipinski definition) is 2. The predicted octanol–water partition coefficient (Wildman–Crippen LogP) is 2.91. The second-order valence-corrected chi connectivity index (χ2v) is 9.78. The van der Waals surface area contributed by atoms with E-state index < -0.39 is 12.1 Å². The molecule has 2 atom stereocenters. The maximum atomic E-state index is 11.9. The van der Waals surface area contributed by atoms with E-state index >= 15 is 0 Å². The van der Waals surface area contributed by atoms with Crippen LogP contribution in [0.25, 0.3) is 0 Å². The number of nitrogens with zero attached hydrogens (tertiary/aromatic N) is 4. The molecule has 2 heterocycles. The van der Waals surface area contributed by atoms with E-state index in [1.807, 2.05) is 44.4 Å². The molecule has 1 aromatic carbocycles. The number of aliphatic hydroxyl groups is 1. The fourth-order valence-electron chi connectivity index (χ4n) is 3.56. The minimum atomic E-state index is -0.783. The third-order valence-electron chi connectivity index (χ3n) is 5.06. The Bertz CT molecular complexity index is 903. The minimum Gasteiger partial charge on any atom is -0.374 e. The Labute approximate surface area is 191 Å². The molecule has 0 fully saturated rings. The molecule has 0 aliphatic carbocycles. The highest BCUT2D eigenvalue weighted by atomic mass is 32.2. The molecule has 2 aromatic rings. The first-order chi connectivity index (χ1) is 14.9. The van der Waals surface area contributed by atoms with E-state index in [4.69, 9.17) is 0 Å². The fraction of sp³-hybridized carbons (Fsp3) is 0.476. The average Bonchev–Trinajstić information content (AvgIpc) is 3.17. The molecule has 1 aromatic heterocycles. The van der Waals surface area contributed by atoms with Gasteiger partial charge in [0.1, 0.15) is 11.2 Å². The lowest BCUT2D eigenvalue weighted by Crippen LogP contribution is -2.45. The first kappa shape index (κ1) is 23.5. The van der Waals surface area contributed by atoms with Crippen molar-refractivity contribution in [3.8, 4) is 0 Å². The summed E-state index contributed by atoms with van der Waals surface area (Å²) in [5.74, 6) is 1.51. The van der Waals surface area contributed by atoms with E-state index in [-0.39, 0.29) is 17.0 Å². The van der Waals surface area contributed by atoms with Crippen LogP contribution in [0, 0.1) is 10.1 Å². The van der Waals surface area contributed by atoms with Gasteiger partial charge in [0.05, 0.1) is 16.5 Å². The number of thiazole rings is 1. The summed E-state index contributed by atoms with van der Waals surface area (Å²) >= 11 is 3.40. The molecule has 0 amide bonds.